The lowest BCUT2D eigenvalue weighted by Crippen LogP contribution is -2.21. The maximum atomic E-state index is 11.5. The molecule has 0 aliphatic carbocycles. The number of sulfone groups is 1. The van der Waals surface area contributed by atoms with Crippen LogP contribution in [0.3, 0.4) is 0 Å². The molecule has 0 radical (unpaired) electrons. The van der Waals surface area contributed by atoms with Gasteiger partial charge in [-0.3, -0.25) is 4.79 Å². The number of carboxylic acids is 1. The second-order valence-electron chi connectivity index (χ2n) is 4.18. The number of carbonyl (C=O) groups is 2. The van der Waals surface area contributed by atoms with Gasteiger partial charge in [0.15, 0.2) is 9.84 Å². The summed E-state index contributed by atoms with van der Waals surface area (Å²) in [5.41, 5.74) is 1.03. The summed E-state index contributed by atoms with van der Waals surface area (Å²) >= 11 is 0. The Hall–Kier alpha value is -1.93. The molecule has 1 amide bonds. The Balaban J connectivity index is 2.77. The molecule has 0 unspecified atom stereocenters. The maximum absolute atomic E-state index is 11.5. The summed E-state index contributed by atoms with van der Waals surface area (Å²) in [6.07, 6.45) is 1.07. The van der Waals surface area contributed by atoms with Crippen molar-refractivity contribution < 1.29 is 27.9 Å². The van der Waals surface area contributed by atoms with Gasteiger partial charge in [-0.2, -0.15) is 0 Å². The largest absolute Gasteiger partial charge is 0.480 e. The molecule has 0 aliphatic rings. The van der Waals surface area contributed by atoms with E-state index in [1.54, 1.807) is 13.0 Å². The number of amides is 1. The standard InChI is InChI=1S/C12H15NO6S/c1-8-3-4-9(20(2,17)18)5-10(8)13-11(14)6-19-7-12(15)16/h3-5H,6-7H2,1-2H3,(H,13,14)(H,15,16). The molecule has 0 atom stereocenters. The minimum atomic E-state index is -3.37. The Morgan fingerprint density at radius 3 is 2.50 bits per heavy atom. The van der Waals surface area contributed by atoms with Crippen LogP contribution in [0.1, 0.15) is 5.56 Å². The van der Waals surface area contributed by atoms with Crippen LogP contribution in [0.4, 0.5) is 5.69 Å². The number of carboxylic acid groups (broad SMARTS) is 1. The average molecular weight is 301 g/mol. The molecule has 0 spiro atoms. The zero-order valence-corrected chi connectivity index (χ0v) is 11.9. The van der Waals surface area contributed by atoms with Crippen molar-refractivity contribution in [3.63, 3.8) is 0 Å². The SMILES string of the molecule is Cc1ccc(S(C)(=O)=O)cc1NC(=O)COCC(=O)O. The van der Waals surface area contributed by atoms with Crippen LogP contribution in [0.2, 0.25) is 0 Å². The quantitative estimate of drug-likeness (QED) is 0.789. The summed E-state index contributed by atoms with van der Waals surface area (Å²) in [7, 11) is -3.37. The molecule has 20 heavy (non-hydrogen) atoms. The van der Waals surface area contributed by atoms with Crippen LogP contribution >= 0.6 is 0 Å². The van der Waals surface area contributed by atoms with Crippen molar-refractivity contribution in [2.75, 3.05) is 24.8 Å². The van der Waals surface area contributed by atoms with E-state index >= 15 is 0 Å². The Labute approximate surface area is 116 Å². The molecule has 1 aromatic rings. The third-order valence-electron chi connectivity index (χ3n) is 2.37. The van der Waals surface area contributed by atoms with Crippen molar-refractivity contribution in [3.8, 4) is 0 Å². The molecule has 0 fully saturated rings. The first-order valence-corrected chi connectivity index (χ1v) is 7.49. The maximum Gasteiger partial charge on any atom is 0.329 e. The highest BCUT2D eigenvalue weighted by atomic mass is 32.2. The molecule has 7 nitrogen and oxygen atoms in total. The molecule has 0 aromatic heterocycles. The summed E-state index contributed by atoms with van der Waals surface area (Å²) in [5, 5.41) is 10.8. The van der Waals surface area contributed by atoms with E-state index in [4.69, 9.17) is 5.11 Å². The van der Waals surface area contributed by atoms with Gasteiger partial charge in [-0.1, -0.05) is 6.07 Å². The van der Waals surface area contributed by atoms with Gasteiger partial charge in [0.1, 0.15) is 13.2 Å². The zero-order chi connectivity index (χ0) is 15.3. The lowest BCUT2D eigenvalue weighted by molar-refractivity contribution is -0.143. The highest BCUT2D eigenvalue weighted by molar-refractivity contribution is 7.90. The third kappa shape index (κ3) is 4.98. The lowest BCUT2D eigenvalue weighted by Gasteiger charge is -2.10. The van der Waals surface area contributed by atoms with E-state index in [9.17, 15) is 18.0 Å². The van der Waals surface area contributed by atoms with Crippen LogP contribution in [0, 0.1) is 6.92 Å². The molecule has 0 aliphatic heterocycles. The van der Waals surface area contributed by atoms with Crippen molar-refractivity contribution in [3.05, 3.63) is 23.8 Å². The highest BCUT2D eigenvalue weighted by Crippen LogP contribution is 2.20. The van der Waals surface area contributed by atoms with Gasteiger partial charge < -0.3 is 15.2 Å². The van der Waals surface area contributed by atoms with Crippen molar-refractivity contribution in [1.82, 2.24) is 0 Å². The molecule has 2 N–H and O–H groups in total. The number of hydrogen-bond donors (Lipinski definition) is 2. The smallest absolute Gasteiger partial charge is 0.329 e. The molecule has 0 saturated carbocycles. The van der Waals surface area contributed by atoms with Gasteiger partial charge >= 0.3 is 5.97 Å². The van der Waals surface area contributed by atoms with Crippen LogP contribution in [0.25, 0.3) is 0 Å². The summed E-state index contributed by atoms with van der Waals surface area (Å²) < 4.78 is 27.5. The Bertz CT molecular complexity index is 623. The van der Waals surface area contributed by atoms with E-state index in [1.165, 1.54) is 12.1 Å². The molecule has 1 rings (SSSR count). The number of carbonyl (C=O) groups excluding carboxylic acids is 1. The van der Waals surface area contributed by atoms with E-state index in [0.29, 0.717) is 11.3 Å². The number of aryl methyl sites for hydroxylation is 1. The number of rotatable bonds is 6. The minimum Gasteiger partial charge on any atom is -0.480 e. The van der Waals surface area contributed by atoms with Crippen LogP contribution in [0.5, 0.6) is 0 Å². The summed E-state index contributed by atoms with van der Waals surface area (Å²) in [6.45, 7) is 0.713. The number of aliphatic carboxylic acids is 1. The average Bonchev–Trinajstić information content (AvgIpc) is 2.30. The second kappa shape index (κ2) is 6.49. The molecule has 8 heteroatoms. The molecular weight excluding hydrogens is 286 g/mol. The predicted molar refractivity (Wildman–Crippen MR) is 71.4 cm³/mol. The van der Waals surface area contributed by atoms with E-state index < -0.39 is 34.9 Å². The molecule has 0 bridgehead atoms. The first-order valence-electron chi connectivity index (χ1n) is 5.60. The van der Waals surface area contributed by atoms with Gasteiger partial charge in [-0.05, 0) is 24.6 Å². The Morgan fingerprint density at radius 2 is 1.95 bits per heavy atom. The topological polar surface area (TPSA) is 110 Å². The van der Waals surface area contributed by atoms with E-state index in [2.05, 4.69) is 10.1 Å². The van der Waals surface area contributed by atoms with Gasteiger partial charge in [0.2, 0.25) is 5.91 Å². The number of anilines is 1. The lowest BCUT2D eigenvalue weighted by atomic mass is 10.2. The Kier molecular flexibility index (Phi) is 5.23. The minimum absolute atomic E-state index is 0.0878. The van der Waals surface area contributed by atoms with Crippen LogP contribution in [-0.4, -0.2) is 44.9 Å². The van der Waals surface area contributed by atoms with Crippen molar-refractivity contribution >= 4 is 27.4 Å². The molecular formula is C12H15NO6S. The summed E-state index contributed by atoms with van der Waals surface area (Å²) in [5.74, 6) is -1.73. The van der Waals surface area contributed by atoms with E-state index in [0.717, 1.165) is 6.26 Å². The first-order chi connectivity index (χ1) is 9.20. The number of hydrogen-bond acceptors (Lipinski definition) is 5. The zero-order valence-electron chi connectivity index (χ0n) is 11.0. The molecule has 0 heterocycles. The van der Waals surface area contributed by atoms with Gasteiger partial charge in [0.25, 0.3) is 0 Å². The molecule has 0 saturated heterocycles. The number of ether oxygens (including phenoxy) is 1. The van der Waals surface area contributed by atoms with Crippen molar-refractivity contribution in [2.45, 2.75) is 11.8 Å². The van der Waals surface area contributed by atoms with Crippen LogP contribution < -0.4 is 5.32 Å². The normalized spacial score (nSPS) is 11.1. The second-order valence-corrected chi connectivity index (χ2v) is 6.20. The van der Waals surface area contributed by atoms with E-state index in [1.807, 2.05) is 0 Å². The van der Waals surface area contributed by atoms with Crippen molar-refractivity contribution in [1.29, 1.82) is 0 Å². The van der Waals surface area contributed by atoms with Gasteiger partial charge in [-0.25, -0.2) is 13.2 Å². The van der Waals surface area contributed by atoms with E-state index in [-0.39, 0.29) is 4.90 Å². The van der Waals surface area contributed by atoms with Crippen LogP contribution in [-0.2, 0) is 24.2 Å². The van der Waals surface area contributed by atoms with Crippen LogP contribution in [0.15, 0.2) is 23.1 Å². The van der Waals surface area contributed by atoms with Gasteiger partial charge in [0, 0.05) is 11.9 Å². The van der Waals surface area contributed by atoms with Gasteiger partial charge in [0.05, 0.1) is 4.90 Å². The summed E-state index contributed by atoms with van der Waals surface area (Å²) in [4.78, 5) is 21.8. The summed E-state index contributed by atoms with van der Waals surface area (Å²) in [6, 6.07) is 4.37. The van der Waals surface area contributed by atoms with Gasteiger partial charge in [-0.15, -0.1) is 0 Å². The molecule has 1 aromatic carbocycles. The highest BCUT2D eigenvalue weighted by Gasteiger charge is 2.11. The first kappa shape index (κ1) is 16.1. The fourth-order valence-electron chi connectivity index (χ4n) is 1.38. The third-order valence-corrected chi connectivity index (χ3v) is 3.48. The molecule has 110 valence electrons. The number of benzene rings is 1. The predicted octanol–water partition coefficient (Wildman–Crippen LogP) is 0.438. The van der Waals surface area contributed by atoms with Crippen molar-refractivity contribution in [2.24, 2.45) is 0 Å². The number of nitrogens with one attached hydrogen (secondary N) is 1. The monoisotopic (exact) mass is 301 g/mol. The fourth-order valence-corrected chi connectivity index (χ4v) is 2.03. The Morgan fingerprint density at radius 1 is 1.30 bits per heavy atom. The fraction of sp³-hybridized carbons (Fsp3) is 0.333.